The molecular formula is C13H16N2O. The van der Waals surface area contributed by atoms with Crippen molar-refractivity contribution < 1.29 is 4.79 Å². The fourth-order valence-electron chi connectivity index (χ4n) is 2.21. The zero-order valence-electron chi connectivity index (χ0n) is 9.52. The second-order valence-electron chi connectivity index (χ2n) is 4.41. The molecule has 1 aromatic carbocycles. The van der Waals surface area contributed by atoms with Gasteiger partial charge in [0.25, 0.3) is 0 Å². The van der Waals surface area contributed by atoms with Gasteiger partial charge in [-0.15, -0.1) is 0 Å². The highest BCUT2D eigenvalue weighted by Crippen LogP contribution is 2.24. The van der Waals surface area contributed by atoms with Crippen LogP contribution in [0.4, 0.5) is 11.4 Å². The molecule has 0 amide bonds. The number of piperidine rings is 1. The Morgan fingerprint density at radius 1 is 1.38 bits per heavy atom. The van der Waals surface area contributed by atoms with Crippen LogP contribution in [0, 0.1) is 5.92 Å². The summed E-state index contributed by atoms with van der Waals surface area (Å²) < 4.78 is 0. The summed E-state index contributed by atoms with van der Waals surface area (Å²) in [4.78, 5) is 16.1. The molecule has 3 heteroatoms. The number of aliphatic imine (C=N–C) groups is 1. The quantitative estimate of drug-likeness (QED) is 0.562. The summed E-state index contributed by atoms with van der Waals surface area (Å²) in [6.45, 7) is 4.54. The lowest BCUT2D eigenvalue weighted by Crippen LogP contribution is -2.34. The lowest BCUT2D eigenvalue weighted by molar-refractivity contribution is 0.447. The number of anilines is 1. The van der Waals surface area contributed by atoms with E-state index in [-0.39, 0.29) is 0 Å². The Hall–Kier alpha value is -1.60. The van der Waals surface area contributed by atoms with Gasteiger partial charge in [-0.25, -0.2) is 4.79 Å². The van der Waals surface area contributed by atoms with Gasteiger partial charge in [-0.3, -0.25) is 0 Å². The summed E-state index contributed by atoms with van der Waals surface area (Å²) >= 11 is 0. The summed E-state index contributed by atoms with van der Waals surface area (Å²) in [5.74, 6) is 0.765. The van der Waals surface area contributed by atoms with E-state index in [4.69, 9.17) is 0 Å². The lowest BCUT2D eigenvalue weighted by Gasteiger charge is -2.32. The average molecular weight is 216 g/mol. The maximum absolute atomic E-state index is 10.1. The number of nitrogens with zero attached hydrogens (tertiary/aromatic N) is 2. The molecule has 2 rings (SSSR count). The number of hydrogen-bond donors (Lipinski definition) is 0. The monoisotopic (exact) mass is 216 g/mol. The van der Waals surface area contributed by atoms with E-state index in [0.29, 0.717) is 5.69 Å². The average Bonchev–Trinajstić information content (AvgIpc) is 2.30. The molecule has 0 N–H and O–H groups in total. The molecule has 0 bridgehead atoms. The van der Waals surface area contributed by atoms with Crippen LogP contribution in [-0.2, 0) is 4.79 Å². The van der Waals surface area contributed by atoms with Gasteiger partial charge < -0.3 is 4.90 Å². The van der Waals surface area contributed by atoms with E-state index in [1.807, 2.05) is 24.3 Å². The SMILES string of the molecule is CC1CCCN(c2ccc(N=C=O)cc2)C1. The molecule has 1 atom stereocenters. The summed E-state index contributed by atoms with van der Waals surface area (Å²) in [5, 5.41) is 0. The van der Waals surface area contributed by atoms with Crippen LogP contribution in [0.15, 0.2) is 29.3 Å². The highest BCUT2D eigenvalue weighted by atomic mass is 16.1. The molecule has 1 aliphatic heterocycles. The zero-order valence-corrected chi connectivity index (χ0v) is 9.52. The Bertz CT molecular complexity index is 393. The Labute approximate surface area is 95.8 Å². The van der Waals surface area contributed by atoms with E-state index in [1.54, 1.807) is 6.08 Å². The van der Waals surface area contributed by atoms with Gasteiger partial charge in [0.2, 0.25) is 6.08 Å². The number of carbonyl (C=O) groups excluding carboxylic acids is 1. The molecule has 1 aliphatic rings. The van der Waals surface area contributed by atoms with E-state index in [1.165, 1.54) is 18.5 Å². The van der Waals surface area contributed by atoms with E-state index >= 15 is 0 Å². The first-order valence-corrected chi connectivity index (χ1v) is 5.72. The minimum absolute atomic E-state index is 0.670. The van der Waals surface area contributed by atoms with Crippen molar-refractivity contribution in [2.24, 2.45) is 10.9 Å². The molecule has 84 valence electrons. The molecule has 0 aliphatic carbocycles. The molecular weight excluding hydrogens is 200 g/mol. The third-order valence-electron chi connectivity index (χ3n) is 3.05. The van der Waals surface area contributed by atoms with Crippen LogP contribution in [0.1, 0.15) is 19.8 Å². The fourth-order valence-corrected chi connectivity index (χ4v) is 2.21. The van der Waals surface area contributed by atoms with Crippen molar-refractivity contribution in [3.05, 3.63) is 24.3 Å². The summed E-state index contributed by atoms with van der Waals surface area (Å²) in [6, 6.07) is 7.77. The van der Waals surface area contributed by atoms with Gasteiger partial charge in [0.05, 0.1) is 5.69 Å². The smallest absolute Gasteiger partial charge is 0.240 e. The molecule has 0 spiro atoms. The Balaban J connectivity index is 2.11. The maximum Gasteiger partial charge on any atom is 0.240 e. The molecule has 1 unspecified atom stereocenters. The Morgan fingerprint density at radius 3 is 2.75 bits per heavy atom. The van der Waals surface area contributed by atoms with Crippen LogP contribution in [0.25, 0.3) is 0 Å². The minimum atomic E-state index is 0.670. The highest BCUT2D eigenvalue weighted by Gasteiger charge is 2.16. The minimum Gasteiger partial charge on any atom is -0.371 e. The van der Waals surface area contributed by atoms with Crippen LogP contribution >= 0.6 is 0 Å². The molecule has 0 aromatic heterocycles. The van der Waals surface area contributed by atoms with Crippen molar-refractivity contribution in [1.82, 2.24) is 0 Å². The number of rotatable bonds is 2. The largest absolute Gasteiger partial charge is 0.371 e. The van der Waals surface area contributed by atoms with Gasteiger partial charge in [0.1, 0.15) is 0 Å². The number of hydrogen-bond acceptors (Lipinski definition) is 3. The maximum atomic E-state index is 10.1. The normalized spacial score (nSPS) is 20.3. The van der Waals surface area contributed by atoms with Crippen LogP contribution in [0.2, 0.25) is 0 Å². The van der Waals surface area contributed by atoms with E-state index in [0.717, 1.165) is 19.0 Å². The summed E-state index contributed by atoms with van der Waals surface area (Å²) in [7, 11) is 0. The first kappa shape index (κ1) is 10.9. The Kier molecular flexibility index (Phi) is 3.37. The molecule has 1 saturated heterocycles. The summed E-state index contributed by atoms with van der Waals surface area (Å²) in [5.41, 5.74) is 1.89. The molecule has 0 saturated carbocycles. The van der Waals surface area contributed by atoms with Crippen molar-refractivity contribution in [2.45, 2.75) is 19.8 Å². The molecule has 1 heterocycles. The second-order valence-corrected chi connectivity index (χ2v) is 4.41. The third-order valence-corrected chi connectivity index (χ3v) is 3.05. The van der Waals surface area contributed by atoms with Gasteiger partial charge in [0, 0.05) is 18.8 Å². The Morgan fingerprint density at radius 2 is 2.12 bits per heavy atom. The van der Waals surface area contributed by atoms with Crippen molar-refractivity contribution >= 4 is 17.5 Å². The van der Waals surface area contributed by atoms with Crippen LogP contribution in [0.5, 0.6) is 0 Å². The van der Waals surface area contributed by atoms with Crippen molar-refractivity contribution in [3.63, 3.8) is 0 Å². The summed E-state index contributed by atoms with van der Waals surface area (Å²) in [6.07, 6.45) is 4.13. The van der Waals surface area contributed by atoms with E-state index in [2.05, 4.69) is 16.8 Å². The zero-order chi connectivity index (χ0) is 11.4. The van der Waals surface area contributed by atoms with Gasteiger partial charge in [0.15, 0.2) is 0 Å². The molecule has 3 nitrogen and oxygen atoms in total. The number of benzene rings is 1. The number of isocyanates is 1. The molecule has 16 heavy (non-hydrogen) atoms. The van der Waals surface area contributed by atoms with Gasteiger partial charge in [-0.05, 0) is 43.0 Å². The van der Waals surface area contributed by atoms with Gasteiger partial charge >= 0.3 is 0 Å². The van der Waals surface area contributed by atoms with Gasteiger partial charge in [-0.2, -0.15) is 4.99 Å². The van der Waals surface area contributed by atoms with Crippen molar-refractivity contribution in [3.8, 4) is 0 Å². The fraction of sp³-hybridized carbons (Fsp3) is 0.462. The third kappa shape index (κ3) is 2.50. The predicted octanol–water partition coefficient (Wildman–Crippen LogP) is 2.89. The predicted molar refractivity (Wildman–Crippen MR) is 64.8 cm³/mol. The first-order chi connectivity index (χ1) is 7.79. The van der Waals surface area contributed by atoms with E-state index in [9.17, 15) is 4.79 Å². The topological polar surface area (TPSA) is 32.7 Å². The van der Waals surface area contributed by atoms with Crippen molar-refractivity contribution in [1.29, 1.82) is 0 Å². The second kappa shape index (κ2) is 4.95. The van der Waals surface area contributed by atoms with Crippen LogP contribution < -0.4 is 4.90 Å². The lowest BCUT2D eigenvalue weighted by atomic mass is 10.00. The standard InChI is InChI=1S/C13H16N2O/c1-11-3-2-8-15(9-11)13-6-4-12(5-7-13)14-10-16/h4-7,11H,2-3,8-9H2,1H3. The highest BCUT2D eigenvalue weighted by molar-refractivity contribution is 5.56. The van der Waals surface area contributed by atoms with E-state index < -0.39 is 0 Å². The van der Waals surface area contributed by atoms with Crippen LogP contribution in [0.3, 0.4) is 0 Å². The molecule has 1 fully saturated rings. The van der Waals surface area contributed by atoms with Crippen molar-refractivity contribution in [2.75, 3.05) is 18.0 Å². The molecule has 1 aromatic rings. The first-order valence-electron chi connectivity index (χ1n) is 5.72. The van der Waals surface area contributed by atoms with Crippen LogP contribution in [-0.4, -0.2) is 19.2 Å². The van der Waals surface area contributed by atoms with Gasteiger partial charge in [-0.1, -0.05) is 6.92 Å². The molecule has 0 radical (unpaired) electrons.